The van der Waals surface area contributed by atoms with Gasteiger partial charge < -0.3 is 5.32 Å². The van der Waals surface area contributed by atoms with E-state index in [-0.39, 0.29) is 0 Å². The molecule has 66 valence electrons. The van der Waals surface area contributed by atoms with Gasteiger partial charge in [0, 0.05) is 0 Å². The van der Waals surface area contributed by atoms with Crippen molar-refractivity contribution in [3.8, 4) is 0 Å². The quantitative estimate of drug-likeness (QED) is 0.622. The molecule has 1 rings (SSSR count). The van der Waals surface area contributed by atoms with Crippen LogP contribution in [0.4, 0.5) is 0 Å². The van der Waals surface area contributed by atoms with Gasteiger partial charge in [-0.15, -0.1) is 0 Å². The molecule has 0 bridgehead atoms. The van der Waals surface area contributed by atoms with E-state index in [2.05, 4.69) is 24.9 Å². The summed E-state index contributed by atoms with van der Waals surface area (Å²) < 4.78 is 0. The van der Waals surface area contributed by atoms with Gasteiger partial charge in [0.25, 0.3) is 0 Å². The van der Waals surface area contributed by atoms with E-state index in [0.717, 1.165) is 17.6 Å². The van der Waals surface area contributed by atoms with Gasteiger partial charge in [0.1, 0.15) is 0 Å². The standard InChI is InChI=1S/C9H19NS/c1-2-3-8-4-9(7-11)6-10-5-8/h8-11H,2-7H2,1H3. The van der Waals surface area contributed by atoms with E-state index in [4.69, 9.17) is 0 Å². The second kappa shape index (κ2) is 5.04. The largest absolute Gasteiger partial charge is 0.316 e. The zero-order valence-corrected chi connectivity index (χ0v) is 8.24. The van der Waals surface area contributed by atoms with Crippen LogP contribution in [0, 0.1) is 11.8 Å². The van der Waals surface area contributed by atoms with Gasteiger partial charge >= 0.3 is 0 Å². The molecule has 1 N–H and O–H groups in total. The summed E-state index contributed by atoms with van der Waals surface area (Å²) in [5, 5.41) is 3.47. The van der Waals surface area contributed by atoms with Crippen molar-refractivity contribution in [3.63, 3.8) is 0 Å². The summed E-state index contributed by atoms with van der Waals surface area (Å²) in [6.07, 6.45) is 4.10. The summed E-state index contributed by atoms with van der Waals surface area (Å²) in [4.78, 5) is 0. The van der Waals surface area contributed by atoms with Crippen LogP contribution in [0.15, 0.2) is 0 Å². The molecular weight excluding hydrogens is 154 g/mol. The second-order valence-electron chi connectivity index (χ2n) is 3.60. The van der Waals surface area contributed by atoms with Crippen molar-refractivity contribution in [1.29, 1.82) is 0 Å². The summed E-state index contributed by atoms with van der Waals surface area (Å²) in [6, 6.07) is 0. The summed E-state index contributed by atoms with van der Waals surface area (Å²) in [5.74, 6) is 2.79. The first-order valence-electron chi connectivity index (χ1n) is 4.68. The van der Waals surface area contributed by atoms with Gasteiger partial charge in [-0.3, -0.25) is 0 Å². The molecule has 2 atom stereocenters. The van der Waals surface area contributed by atoms with Crippen LogP contribution in [-0.4, -0.2) is 18.8 Å². The van der Waals surface area contributed by atoms with Crippen molar-refractivity contribution >= 4 is 12.6 Å². The minimum Gasteiger partial charge on any atom is -0.316 e. The van der Waals surface area contributed by atoms with Crippen LogP contribution >= 0.6 is 12.6 Å². The highest BCUT2D eigenvalue weighted by atomic mass is 32.1. The van der Waals surface area contributed by atoms with Gasteiger partial charge in [-0.1, -0.05) is 13.3 Å². The smallest absolute Gasteiger partial charge is 0.00125 e. The molecule has 1 saturated heterocycles. The summed E-state index contributed by atoms with van der Waals surface area (Å²) in [7, 11) is 0. The zero-order chi connectivity index (χ0) is 8.10. The molecule has 1 aliphatic heterocycles. The monoisotopic (exact) mass is 173 g/mol. The van der Waals surface area contributed by atoms with Crippen molar-refractivity contribution in [2.24, 2.45) is 11.8 Å². The predicted molar refractivity (Wildman–Crippen MR) is 53.2 cm³/mol. The predicted octanol–water partition coefficient (Wildman–Crippen LogP) is 1.94. The fraction of sp³-hybridized carbons (Fsp3) is 1.00. The molecule has 0 aliphatic carbocycles. The topological polar surface area (TPSA) is 12.0 Å². The number of hydrogen-bond acceptors (Lipinski definition) is 2. The third-order valence-electron chi connectivity index (χ3n) is 2.49. The molecule has 2 unspecified atom stereocenters. The zero-order valence-electron chi connectivity index (χ0n) is 7.34. The Morgan fingerprint density at radius 2 is 2.09 bits per heavy atom. The summed E-state index contributed by atoms with van der Waals surface area (Å²) in [6.45, 7) is 4.69. The van der Waals surface area contributed by atoms with Crippen LogP contribution in [0.2, 0.25) is 0 Å². The maximum absolute atomic E-state index is 4.33. The molecule has 1 nitrogen and oxygen atoms in total. The van der Waals surface area contributed by atoms with Gasteiger partial charge in [0.15, 0.2) is 0 Å². The molecule has 1 aliphatic rings. The van der Waals surface area contributed by atoms with Crippen molar-refractivity contribution < 1.29 is 0 Å². The van der Waals surface area contributed by atoms with Crippen LogP contribution < -0.4 is 5.32 Å². The van der Waals surface area contributed by atoms with Gasteiger partial charge in [0.05, 0.1) is 0 Å². The van der Waals surface area contributed by atoms with Crippen LogP contribution in [-0.2, 0) is 0 Å². The summed E-state index contributed by atoms with van der Waals surface area (Å²) in [5.41, 5.74) is 0. The highest BCUT2D eigenvalue weighted by Crippen LogP contribution is 2.20. The van der Waals surface area contributed by atoms with Gasteiger partial charge in [-0.05, 0) is 43.5 Å². The van der Waals surface area contributed by atoms with Gasteiger partial charge in [0.2, 0.25) is 0 Å². The van der Waals surface area contributed by atoms with E-state index in [9.17, 15) is 0 Å². The third-order valence-corrected chi connectivity index (χ3v) is 3.00. The van der Waals surface area contributed by atoms with E-state index in [0.29, 0.717) is 0 Å². The van der Waals surface area contributed by atoms with Crippen LogP contribution in [0.5, 0.6) is 0 Å². The molecule has 0 radical (unpaired) electrons. The number of piperidine rings is 1. The van der Waals surface area contributed by atoms with E-state index in [1.165, 1.54) is 32.4 Å². The van der Waals surface area contributed by atoms with E-state index in [1.807, 2.05) is 0 Å². The van der Waals surface area contributed by atoms with E-state index < -0.39 is 0 Å². The molecule has 0 spiro atoms. The minimum atomic E-state index is 0.823. The maximum Gasteiger partial charge on any atom is -0.00125 e. The third kappa shape index (κ3) is 3.04. The van der Waals surface area contributed by atoms with Crippen molar-refractivity contribution in [2.75, 3.05) is 18.8 Å². The molecule has 0 saturated carbocycles. The molecule has 1 heterocycles. The molecule has 0 aromatic rings. The average Bonchev–Trinajstić information content (AvgIpc) is 2.06. The van der Waals surface area contributed by atoms with Crippen LogP contribution in [0.25, 0.3) is 0 Å². The Kier molecular flexibility index (Phi) is 4.31. The molecule has 11 heavy (non-hydrogen) atoms. The maximum atomic E-state index is 4.33. The number of hydrogen-bond donors (Lipinski definition) is 2. The van der Waals surface area contributed by atoms with E-state index >= 15 is 0 Å². The molecule has 1 fully saturated rings. The molecule has 0 amide bonds. The first-order chi connectivity index (χ1) is 5.36. The lowest BCUT2D eigenvalue weighted by Crippen LogP contribution is -2.36. The highest BCUT2D eigenvalue weighted by Gasteiger charge is 2.19. The van der Waals surface area contributed by atoms with Crippen LogP contribution in [0.1, 0.15) is 26.2 Å². The Morgan fingerprint density at radius 3 is 2.73 bits per heavy atom. The fourth-order valence-corrected chi connectivity index (χ4v) is 2.18. The van der Waals surface area contributed by atoms with Crippen molar-refractivity contribution in [1.82, 2.24) is 5.32 Å². The Hall–Kier alpha value is 0.310. The lowest BCUT2D eigenvalue weighted by Gasteiger charge is -2.28. The molecule has 0 aromatic heterocycles. The van der Waals surface area contributed by atoms with Crippen molar-refractivity contribution in [2.45, 2.75) is 26.2 Å². The Labute approximate surface area is 75.4 Å². The number of thiol groups is 1. The minimum absolute atomic E-state index is 0.823. The molecule has 0 aromatic carbocycles. The normalized spacial score (nSPS) is 32.2. The highest BCUT2D eigenvalue weighted by molar-refractivity contribution is 7.80. The Bertz CT molecular complexity index is 104. The SMILES string of the molecule is CCCC1CNCC(CS)C1. The Morgan fingerprint density at radius 1 is 1.36 bits per heavy atom. The van der Waals surface area contributed by atoms with Crippen LogP contribution in [0.3, 0.4) is 0 Å². The van der Waals surface area contributed by atoms with E-state index in [1.54, 1.807) is 0 Å². The molecular formula is C9H19NS. The van der Waals surface area contributed by atoms with Gasteiger partial charge in [-0.2, -0.15) is 12.6 Å². The fourth-order valence-electron chi connectivity index (χ4n) is 1.90. The second-order valence-corrected chi connectivity index (χ2v) is 3.96. The lowest BCUT2D eigenvalue weighted by molar-refractivity contribution is 0.291. The number of nitrogens with one attached hydrogen (secondary N) is 1. The lowest BCUT2D eigenvalue weighted by atomic mass is 9.89. The van der Waals surface area contributed by atoms with Crippen molar-refractivity contribution in [3.05, 3.63) is 0 Å². The first-order valence-corrected chi connectivity index (χ1v) is 5.31. The Balaban J connectivity index is 2.21. The summed E-state index contributed by atoms with van der Waals surface area (Å²) >= 11 is 4.33. The average molecular weight is 173 g/mol. The van der Waals surface area contributed by atoms with Gasteiger partial charge in [-0.25, -0.2) is 0 Å². The first kappa shape index (κ1) is 9.40. The number of rotatable bonds is 3. The molecule has 2 heteroatoms.